The quantitative estimate of drug-likeness (QED) is 0.556. The summed E-state index contributed by atoms with van der Waals surface area (Å²) in [6, 6.07) is 12.4. The minimum absolute atomic E-state index is 0.132. The minimum Gasteiger partial charge on any atom is -0.331 e. The fourth-order valence-corrected chi connectivity index (χ4v) is 4.44. The molecule has 0 bridgehead atoms. The van der Waals surface area contributed by atoms with Crippen molar-refractivity contribution in [2.45, 2.75) is 32.2 Å². The van der Waals surface area contributed by atoms with Crippen molar-refractivity contribution in [2.24, 2.45) is 7.05 Å². The molecule has 0 radical (unpaired) electrons. The Morgan fingerprint density at radius 1 is 1.19 bits per heavy atom. The van der Waals surface area contributed by atoms with Crippen LogP contribution in [0.2, 0.25) is 0 Å². The van der Waals surface area contributed by atoms with E-state index >= 15 is 0 Å². The van der Waals surface area contributed by atoms with Crippen LogP contribution in [-0.2, 0) is 13.6 Å². The van der Waals surface area contributed by atoms with Crippen LogP contribution in [-0.4, -0.2) is 33.3 Å². The number of ketones is 1. The monoisotopic (exact) mass is 425 g/mol. The molecule has 1 saturated heterocycles. The second kappa shape index (κ2) is 7.56. The normalized spacial score (nSPS) is 16.1. The molecule has 1 aliphatic heterocycles. The summed E-state index contributed by atoms with van der Waals surface area (Å²) in [5, 5.41) is 1.18. The number of likely N-dealkylation sites (tertiary alicyclic amines) is 1. The lowest BCUT2D eigenvalue weighted by Gasteiger charge is -2.32. The third-order valence-corrected chi connectivity index (χ3v) is 6.43. The van der Waals surface area contributed by atoms with Gasteiger partial charge in [-0.05, 0) is 72.4 Å². The third kappa shape index (κ3) is 3.71. The van der Waals surface area contributed by atoms with Crippen LogP contribution in [0.5, 0.6) is 0 Å². The number of rotatable bonds is 4. The van der Waals surface area contributed by atoms with Gasteiger partial charge < -0.3 is 4.57 Å². The molecule has 0 aliphatic carbocycles. The van der Waals surface area contributed by atoms with Crippen molar-refractivity contribution in [3.8, 4) is 0 Å². The average molecular weight is 426 g/mol. The predicted octanol–water partition coefficient (Wildman–Crippen LogP) is 4.92. The van der Waals surface area contributed by atoms with Gasteiger partial charge in [-0.25, -0.2) is 4.98 Å². The predicted molar refractivity (Wildman–Crippen MR) is 112 cm³/mol. The molecule has 3 heterocycles. The summed E-state index contributed by atoms with van der Waals surface area (Å²) in [5.41, 5.74) is 4.48. The number of Topliss-reactive ketones (excluding diaryl/α,β-unsaturated/α-hetero) is 1. The number of carbonyl (C=O) groups excluding carboxylic acids is 1. The van der Waals surface area contributed by atoms with Crippen LogP contribution >= 0.6 is 15.9 Å². The summed E-state index contributed by atoms with van der Waals surface area (Å²) in [7, 11) is 2.10. The number of hydrogen-bond donors (Lipinski definition) is 0. The number of hydrogen-bond acceptors (Lipinski definition) is 3. The molecule has 5 heteroatoms. The smallest absolute Gasteiger partial charge is 0.159 e. The number of aryl methyl sites for hydroxylation is 1. The highest BCUT2D eigenvalue weighted by molar-refractivity contribution is 9.10. The van der Waals surface area contributed by atoms with Crippen LogP contribution in [0.15, 0.2) is 47.1 Å². The Bertz CT molecular complexity index is 969. The zero-order valence-electron chi connectivity index (χ0n) is 15.8. The first-order chi connectivity index (χ1) is 13.0. The molecule has 0 unspecified atom stereocenters. The second-order valence-corrected chi connectivity index (χ2v) is 8.31. The molecule has 4 nitrogen and oxygen atoms in total. The Kier molecular flexibility index (Phi) is 5.15. The highest BCUT2D eigenvalue weighted by Gasteiger charge is 2.22. The van der Waals surface area contributed by atoms with Gasteiger partial charge in [0.2, 0.25) is 0 Å². The highest BCUT2D eigenvalue weighted by atomic mass is 79.9. The van der Waals surface area contributed by atoms with Crippen molar-refractivity contribution in [2.75, 3.05) is 13.1 Å². The Morgan fingerprint density at radius 2 is 1.89 bits per heavy atom. The van der Waals surface area contributed by atoms with Crippen molar-refractivity contribution < 1.29 is 4.79 Å². The topological polar surface area (TPSA) is 38.1 Å². The molecule has 1 aliphatic rings. The number of halogens is 1. The van der Waals surface area contributed by atoms with Gasteiger partial charge in [-0.1, -0.05) is 24.3 Å². The molecule has 0 amide bonds. The number of aromatic nitrogens is 2. The van der Waals surface area contributed by atoms with Gasteiger partial charge in [0.1, 0.15) is 5.65 Å². The van der Waals surface area contributed by atoms with Crippen LogP contribution in [0.25, 0.3) is 11.0 Å². The zero-order valence-corrected chi connectivity index (χ0v) is 17.4. The van der Waals surface area contributed by atoms with Crippen LogP contribution in [0, 0.1) is 0 Å². The molecule has 0 N–H and O–H groups in total. The molecule has 4 rings (SSSR count). The summed E-state index contributed by atoms with van der Waals surface area (Å²) in [5.74, 6) is 0.720. The summed E-state index contributed by atoms with van der Waals surface area (Å²) < 4.78 is 3.30. The first-order valence-electron chi connectivity index (χ1n) is 9.45. The third-order valence-electron chi connectivity index (χ3n) is 5.74. The van der Waals surface area contributed by atoms with Gasteiger partial charge in [0, 0.05) is 40.9 Å². The van der Waals surface area contributed by atoms with Crippen LogP contribution in [0.3, 0.4) is 0 Å². The van der Waals surface area contributed by atoms with E-state index in [4.69, 9.17) is 0 Å². The van der Waals surface area contributed by atoms with Crippen LogP contribution in [0.4, 0.5) is 0 Å². The van der Waals surface area contributed by atoms with Gasteiger partial charge >= 0.3 is 0 Å². The van der Waals surface area contributed by atoms with Gasteiger partial charge in [-0.15, -0.1) is 0 Å². The van der Waals surface area contributed by atoms with E-state index in [1.54, 1.807) is 6.92 Å². The molecular weight excluding hydrogens is 402 g/mol. The fourth-order valence-electron chi connectivity index (χ4n) is 4.03. The Balaban J connectivity index is 1.42. The number of pyridine rings is 1. The molecule has 0 saturated carbocycles. The Hall–Kier alpha value is -1.98. The van der Waals surface area contributed by atoms with E-state index in [0.29, 0.717) is 5.92 Å². The molecule has 140 valence electrons. The van der Waals surface area contributed by atoms with Gasteiger partial charge in [0.25, 0.3) is 0 Å². The van der Waals surface area contributed by atoms with Gasteiger partial charge in [-0.3, -0.25) is 9.69 Å². The number of fused-ring (bicyclic) bond motifs is 1. The van der Waals surface area contributed by atoms with E-state index in [0.717, 1.165) is 48.2 Å². The van der Waals surface area contributed by atoms with Crippen molar-refractivity contribution in [1.82, 2.24) is 14.5 Å². The maximum absolute atomic E-state index is 11.4. The SMILES string of the molecule is CC(=O)c1ccc(C2CCN(Cc3cc4c(Br)ccnc4n3C)CC2)cc1. The van der Waals surface area contributed by atoms with Gasteiger partial charge in [0.05, 0.1) is 0 Å². The second-order valence-electron chi connectivity index (χ2n) is 7.45. The van der Waals surface area contributed by atoms with Crippen molar-refractivity contribution in [1.29, 1.82) is 0 Å². The maximum Gasteiger partial charge on any atom is 0.159 e. The summed E-state index contributed by atoms with van der Waals surface area (Å²) >= 11 is 3.63. The molecule has 3 aromatic rings. The zero-order chi connectivity index (χ0) is 19.0. The van der Waals surface area contributed by atoms with E-state index in [1.165, 1.54) is 16.6 Å². The molecule has 2 aromatic heterocycles. The lowest BCUT2D eigenvalue weighted by molar-refractivity contribution is 0.101. The van der Waals surface area contributed by atoms with Crippen molar-refractivity contribution in [3.05, 3.63) is 63.9 Å². The number of benzene rings is 1. The Labute approximate surface area is 168 Å². The maximum atomic E-state index is 11.4. The molecule has 27 heavy (non-hydrogen) atoms. The fraction of sp³-hybridized carbons (Fsp3) is 0.364. The minimum atomic E-state index is 0.132. The van der Waals surface area contributed by atoms with Crippen molar-refractivity contribution in [3.63, 3.8) is 0 Å². The lowest BCUT2D eigenvalue weighted by Crippen LogP contribution is -2.33. The van der Waals surface area contributed by atoms with Crippen molar-refractivity contribution >= 4 is 32.7 Å². The van der Waals surface area contributed by atoms with Crippen LogP contribution in [0.1, 0.15) is 47.3 Å². The number of carbonyl (C=O) groups is 1. The van der Waals surface area contributed by atoms with E-state index in [9.17, 15) is 4.79 Å². The van der Waals surface area contributed by atoms with Gasteiger partial charge in [0.15, 0.2) is 5.78 Å². The first-order valence-corrected chi connectivity index (χ1v) is 10.2. The summed E-state index contributed by atoms with van der Waals surface area (Å²) in [4.78, 5) is 18.5. The standard InChI is InChI=1S/C22H24BrN3O/c1-15(27)16-3-5-17(6-4-16)18-8-11-26(12-9-18)14-19-13-20-21(23)7-10-24-22(20)25(19)2/h3-7,10,13,18H,8-9,11-12,14H2,1-2H3. The van der Waals surface area contributed by atoms with E-state index in [1.807, 2.05) is 24.4 Å². The van der Waals surface area contributed by atoms with E-state index in [-0.39, 0.29) is 5.78 Å². The molecular formula is C22H24BrN3O. The van der Waals surface area contributed by atoms with Crippen LogP contribution < -0.4 is 0 Å². The molecule has 0 atom stereocenters. The van der Waals surface area contributed by atoms with Gasteiger partial charge in [-0.2, -0.15) is 0 Å². The molecule has 1 fully saturated rings. The largest absolute Gasteiger partial charge is 0.331 e. The Morgan fingerprint density at radius 3 is 2.52 bits per heavy atom. The summed E-state index contributed by atoms with van der Waals surface area (Å²) in [6.07, 6.45) is 4.16. The lowest BCUT2D eigenvalue weighted by atomic mass is 9.89. The van der Waals surface area contributed by atoms with E-state index in [2.05, 4.69) is 55.6 Å². The summed E-state index contributed by atoms with van der Waals surface area (Å²) in [6.45, 7) is 4.76. The average Bonchev–Trinajstić information content (AvgIpc) is 3.00. The number of piperidine rings is 1. The first kappa shape index (κ1) is 18.4. The number of nitrogens with zero attached hydrogens (tertiary/aromatic N) is 3. The molecule has 1 aromatic carbocycles. The highest BCUT2D eigenvalue weighted by Crippen LogP contribution is 2.30. The van der Waals surface area contributed by atoms with E-state index < -0.39 is 0 Å². The molecule has 0 spiro atoms.